The van der Waals surface area contributed by atoms with Crippen molar-refractivity contribution in [1.29, 1.82) is 0 Å². The number of benzene rings is 8. The lowest BCUT2D eigenvalue weighted by Crippen LogP contribution is -2.29. The zero-order chi connectivity index (χ0) is 107. The van der Waals surface area contributed by atoms with Crippen molar-refractivity contribution in [3.05, 3.63) is 442 Å². The van der Waals surface area contributed by atoms with Gasteiger partial charge < -0.3 is 51.3 Å². The van der Waals surface area contributed by atoms with Gasteiger partial charge in [-0.15, -0.1) is 0 Å². The highest BCUT2D eigenvalue weighted by atomic mass is 19.2. The molecule has 0 amide bonds. The Kier molecular flexibility index (Phi) is 36.1. The Morgan fingerprint density at radius 3 is 1.12 bits per heavy atom. The standard InChI is InChI=1S/2C13H11FN2O3.C12H10FN3O3.3C12H9FN2O3.2C11H7FN2O3/c1-7-8(2)16(10-5-3-9(14)4-6-10)12(17)11(15-7)13(18)19;1-7-5-9(14)3-4-10(7)16-8(2)6-15-11(12(16)17)13(18)19;1-14-12-15-6-9(11(18)19)10(17)16(12)8-4-2-7(13)3-5-8;1-7-10(12(17)18)11(16)15(6-14-7)9-4-2-8(13)3-5-9;1-7-14-6-10(12(17)18)11(16)15(7)9-4-2-8(13)3-5-9;1-7-6-14-10(12(17)18)11(16)15(7)9-4-2-8(13)3-5-9;12-7-1-3-8(4-2-7)14-6-5-13-9(10(14)15)11(16)17;12-7-3-1-6(2-4-7)8-10(15)9(11(16)17)14-5-13-8/h2*3-6H,1-2H3,(H,18,19);2-6H,1H3,(H,14,15)(H,18,19);3*2-6H,1H3,(H,17,18);1-6H,(H,16,17);1-5,15H,(H,16,17). The predicted molar refractivity (Wildman–Crippen MR) is 496 cm³/mol. The average Bonchev–Trinajstić information content (AvgIpc) is 0.755. The molecule has 0 fully saturated rings. The first-order valence-electron chi connectivity index (χ1n) is 40.9. The number of nitrogens with zero attached hydrogens (tertiary/aromatic N) is 16. The van der Waals surface area contributed by atoms with Crippen molar-refractivity contribution in [1.82, 2.24) is 76.8 Å². The smallest absolute Gasteiger partial charge is 0.360 e. The Morgan fingerprint density at radius 1 is 0.317 bits per heavy atom. The summed E-state index contributed by atoms with van der Waals surface area (Å²) in [6.07, 6.45) is 9.35. The summed E-state index contributed by atoms with van der Waals surface area (Å²) in [6.45, 7) is 11.2. The molecule has 8 aromatic carbocycles. The third-order valence-electron chi connectivity index (χ3n) is 19.7. The number of rotatable bonds is 17. The molecule has 0 aliphatic carbocycles. The quantitative estimate of drug-likeness (QED) is 0.0379. The number of carbonyl (C=O) groups is 8. The van der Waals surface area contributed by atoms with Crippen molar-refractivity contribution in [3.8, 4) is 56.8 Å². The van der Waals surface area contributed by atoms with Crippen LogP contribution in [0.15, 0.2) is 271 Å². The van der Waals surface area contributed by atoms with Crippen LogP contribution in [-0.2, 0) is 0 Å². The highest BCUT2D eigenvalue weighted by Crippen LogP contribution is 2.29. The van der Waals surface area contributed by atoms with Crippen LogP contribution in [-0.4, -0.2) is 178 Å². The third-order valence-corrected chi connectivity index (χ3v) is 19.7. The van der Waals surface area contributed by atoms with Gasteiger partial charge >= 0.3 is 47.8 Å². The van der Waals surface area contributed by atoms with E-state index in [9.17, 15) is 112 Å². The number of hydrogen-bond donors (Lipinski definition) is 10. The number of carboxylic acids is 8. The molecule has 0 atom stereocenters. The summed E-state index contributed by atoms with van der Waals surface area (Å²) >= 11 is 0. The molecule has 49 heteroatoms. The lowest BCUT2D eigenvalue weighted by molar-refractivity contribution is 0.0676. The minimum absolute atomic E-state index is 0.0531. The number of halogens is 8. The molecule has 8 aromatic heterocycles. The zero-order valence-corrected chi connectivity index (χ0v) is 75.8. The lowest BCUT2D eigenvalue weighted by atomic mass is 10.1. The van der Waals surface area contributed by atoms with Crippen LogP contribution >= 0.6 is 0 Å². The van der Waals surface area contributed by atoms with Crippen LogP contribution in [0.4, 0.5) is 41.1 Å². The molecule has 0 saturated carbocycles. The molecule has 16 aromatic rings. The van der Waals surface area contributed by atoms with Gasteiger partial charge in [0.15, 0.2) is 11.4 Å². The molecule has 145 heavy (non-hydrogen) atoms. The second-order valence-electron chi connectivity index (χ2n) is 29.3. The van der Waals surface area contributed by atoms with Gasteiger partial charge in [0.2, 0.25) is 28.7 Å². The van der Waals surface area contributed by atoms with Gasteiger partial charge in [-0.1, -0.05) is 0 Å². The summed E-state index contributed by atoms with van der Waals surface area (Å²) in [5.41, 5.74) is -3.40. The van der Waals surface area contributed by atoms with Gasteiger partial charge in [-0.3, -0.25) is 61.0 Å². The van der Waals surface area contributed by atoms with E-state index in [1.807, 2.05) is 0 Å². The Bertz CT molecular complexity index is 7960. The van der Waals surface area contributed by atoms with Crippen LogP contribution in [0.3, 0.4) is 0 Å². The third kappa shape index (κ3) is 26.8. The molecular formula is C96H73F8N17O24. The molecule has 0 spiro atoms. The topological polar surface area (TPSA) is 601 Å². The normalized spacial score (nSPS) is 10.3. The van der Waals surface area contributed by atoms with Crippen LogP contribution in [0, 0.1) is 95.0 Å². The van der Waals surface area contributed by atoms with Gasteiger partial charge in [0.05, 0.1) is 40.3 Å². The second kappa shape index (κ2) is 48.2. The summed E-state index contributed by atoms with van der Waals surface area (Å²) in [7, 11) is 1.54. The highest BCUT2D eigenvalue weighted by Gasteiger charge is 2.25. The largest absolute Gasteiger partial charge is 0.504 e. The Hall–Kier alpha value is -20.2. The lowest BCUT2D eigenvalue weighted by Gasteiger charge is -2.12. The first-order chi connectivity index (χ1) is 68.6. The molecule has 16 rings (SSSR count). The van der Waals surface area contributed by atoms with E-state index < -0.39 is 179 Å². The summed E-state index contributed by atoms with van der Waals surface area (Å²) < 4.78 is 111. The Labute approximate surface area is 806 Å². The molecule has 8 heterocycles. The summed E-state index contributed by atoms with van der Waals surface area (Å²) in [6, 6.07) is 40.0. The number of anilines is 1. The maximum Gasteiger partial charge on any atom is 0.360 e. The van der Waals surface area contributed by atoms with Gasteiger partial charge in [-0.25, -0.2) is 123 Å². The van der Waals surface area contributed by atoms with Gasteiger partial charge in [-0.05, 0) is 242 Å². The summed E-state index contributed by atoms with van der Waals surface area (Å²) in [4.78, 5) is 204. The number of aromatic hydroxyl groups is 1. The van der Waals surface area contributed by atoms with Gasteiger partial charge in [0.25, 0.3) is 38.9 Å². The molecule has 10 N–H and O–H groups in total. The van der Waals surface area contributed by atoms with Crippen LogP contribution in [0.2, 0.25) is 0 Å². The Balaban J connectivity index is 0.000000185. The van der Waals surface area contributed by atoms with Gasteiger partial charge in [0, 0.05) is 77.7 Å². The van der Waals surface area contributed by atoms with Crippen molar-refractivity contribution in [2.75, 3.05) is 12.4 Å². The van der Waals surface area contributed by atoms with Crippen molar-refractivity contribution in [3.63, 3.8) is 0 Å². The summed E-state index contributed by atoms with van der Waals surface area (Å²) in [5.74, 6) is -14.5. The second-order valence-corrected chi connectivity index (χ2v) is 29.3. The van der Waals surface area contributed by atoms with Crippen LogP contribution in [0.1, 0.15) is 123 Å². The highest BCUT2D eigenvalue weighted by molar-refractivity contribution is 5.92. The number of aryl methyl sites for hydroxylation is 6. The predicted octanol–water partition coefficient (Wildman–Crippen LogP) is 11.4. The van der Waals surface area contributed by atoms with E-state index in [0.717, 1.165) is 37.0 Å². The molecule has 0 unspecified atom stereocenters. The number of nitrogens with one attached hydrogen (secondary N) is 1. The minimum atomic E-state index is -1.40. The summed E-state index contributed by atoms with van der Waals surface area (Å²) in [5, 5.41) is 83.3. The molecule has 0 aliphatic rings. The minimum Gasteiger partial charge on any atom is -0.504 e. The van der Waals surface area contributed by atoms with E-state index in [1.165, 1.54) is 240 Å². The number of aromatic nitrogens is 16. The average molecular weight is 2000 g/mol. The fraction of sp³-hybridized carbons (Fsp3) is 0.0833. The molecule has 0 saturated heterocycles. The maximum absolute atomic E-state index is 13.1. The molecule has 0 radical (unpaired) electrons. The van der Waals surface area contributed by atoms with E-state index in [-0.39, 0.29) is 22.9 Å². The van der Waals surface area contributed by atoms with Crippen molar-refractivity contribution in [2.24, 2.45) is 0 Å². The molecular weight excluding hydrogens is 1930 g/mol. The number of aromatic carboxylic acids is 8. The van der Waals surface area contributed by atoms with Crippen molar-refractivity contribution < 1.29 is 119 Å². The van der Waals surface area contributed by atoms with Gasteiger partial charge in [-0.2, -0.15) is 0 Å². The van der Waals surface area contributed by atoms with Crippen molar-refractivity contribution in [2.45, 2.75) is 48.5 Å². The van der Waals surface area contributed by atoms with Crippen LogP contribution in [0.25, 0.3) is 51.1 Å². The number of hydrogen-bond acceptors (Lipinski definition) is 26. The maximum atomic E-state index is 13.1. The SMILES string of the molecule is CNc1ncc(C(=O)O)c(=O)n1-c1ccc(F)cc1.Cc1cc(F)ccc1-n1c(C)cnc(C(=O)O)c1=O.Cc1cnc(C(=O)O)c(=O)n1-c1ccc(F)cc1.Cc1nc(C(=O)O)c(=O)n(-c2ccc(F)cc2)c1C.Cc1ncc(C(=O)O)c(=O)n1-c1ccc(F)cc1.Cc1ncn(-c2ccc(F)cc2)c(=O)c1C(=O)O.O=C(O)c1nccn(-c2ccc(F)cc2)c1=O.O=C(O)c1ncnc(-c2ccc(F)cc2)c1O. The van der Waals surface area contributed by atoms with Gasteiger partial charge in [0.1, 0.15) is 87.4 Å². The zero-order valence-electron chi connectivity index (χ0n) is 75.8. The molecule has 0 bridgehead atoms. The Morgan fingerprint density at radius 2 is 0.690 bits per heavy atom. The van der Waals surface area contributed by atoms with Crippen molar-refractivity contribution >= 4 is 53.7 Å². The monoisotopic (exact) mass is 2000 g/mol. The fourth-order valence-corrected chi connectivity index (χ4v) is 12.7. The van der Waals surface area contributed by atoms with E-state index >= 15 is 0 Å². The van der Waals surface area contributed by atoms with Crippen LogP contribution < -0.4 is 44.2 Å². The van der Waals surface area contributed by atoms with E-state index in [0.29, 0.717) is 79.5 Å². The number of carboxylic acid groups (broad SMARTS) is 8. The van der Waals surface area contributed by atoms with E-state index in [1.54, 1.807) is 48.6 Å². The van der Waals surface area contributed by atoms with E-state index in [2.05, 4.69) is 50.2 Å². The van der Waals surface area contributed by atoms with E-state index in [4.69, 9.17) is 40.9 Å². The first-order valence-corrected chi connectivity index (χ1v) is 40.9. The molecule has 742 valence electrons. The molecule has 0 aliphatic heterocycles. The first kappa shape index (κ1) is 108. The molecule has 41 nitrogen and oxygen atoms in total. The van der Waals surface area contributed by atoms with Crippen LogP contribution in [0.5, 0.6) is 5.75 Å². The fourth-order valence-electron chi connectivity index (χ4n) is 12.7.